The minimum absolute atomic E-state index is 0.0910. The van der Waals surface area contributed by atoms with Gasteiger partial charge in [-0.25, -0.2) is 14.4 Å². The molecule has 136 valence electrons. The van der Waals surface area contributed by atoms with Gasteiger partial charge >= 0.3 is 0 Å². The number of carbonyl (C=O) groups is 1. The van der Waals surface area contributed by atoms with Crippen LogP contribution in [0.15, 0.2) is 30.5 Å². The average molecular weight is 354 g/mol. The summed E-state index contributed by atoms with van der Waals surface area (Å²) >= 11 is 0. The van der Waals surface area contributed by atoms with E-state index in [1.807, 2.05) is 6.20 Å². The molecule has 1 saturated heterocycles. The van der Waals surface area contributed by atoms with Crippen LogP contribution in [0.5, 0.6) is 0 Å². The van der Waals surface area contributed by atoms with Crippen molar-refractivity contribution in [3.8, 4) is 0 Å². The highest BCUT2D eigenvalue weighted by Crippen LogP contribution is 2.30. The fourth-order valence-corrected chi connectivity index (χ4v) is 3.78. The highest BCUT2D eigenvalue weighted by molar-refractivity contribution is 5.94. The zero-order valence-corrected chi connectivity index (χ0v) is 14.7. The van der Waals surface area contributed by atoms with Crippen molar-refractivity contribution in [1.82, 2.24) is 15.3 Å². The Morgan fingerprint density at radius 2 is 1.88 bits per heavy atom. The molecule has 1 aromatic heterocycles. The third kappa shape index (κ3) is 3.54. The summed E-state index contributed by atoms with van der Waals surface area (Å²) in [6.45, 7) is 2.03. The van der Waals surface area contributed by atoms with Gasteiger partial charge in [0.1, 0.15) is 5.82 Å². The molecule has 1 aliphatic carbocycles. The van der Waals surface area contributed by atoms with Crippen LogP contribution in [-0.2, 0) is 6.42 Å². The molecule has 2 aliphatic rings. The Balaban J connectivity index is 1.51. The predicted octanol–water partition coefficient (Wildman–Crippen LogP) is 3.41. The smallest absolute Gasteiger partial charge is 0.251 e. The first-order valence-electron chi connectivity index (χ1n) is 9.38. The highest BCUT2D eigenvalue weighted by atomic mass is 19.1. The number of piperidine rings is 1. The van der Waals surface area contributed by atoms with E-state index in [9.17, 15) is 9.18 Å². The van der Waals surface area contributed by atoms with Gasteiger partial charge in [-0.05, 0) is 62.8 Å². The van der Waals surface area contributed by atoms with Crippen LogP contribution < -0.4 is 10.2 Å². The lowest BCUT2D eigenvalue weighted by Gasteiger charge is -2.29. The zero-order valence-electron chi connectivity index (χ0n) is 14.7. The second-order valence-electron chi connectivity index (χ2n) is 7.04. The SMILES string of the molecule is O=C(NC1CCCc2nc(N3CCCCC3)ncc21)c1ccc(F)cc1. The summed E-state index contributed by atoms with van der Waals surface area (Å²) in [6, 6.07) is 5.52. The molecule has 0 saturated carbocycles. The first-order chi connectivity index (χ1) is 12.7. The predicted molar refractivity (Wildman–Crippen MR) is 97.6 cm³/mol. The lowest BCUT2D eigenvalue weighted by Crippen LogP contribution is -2.34. The molecule has 1 unspecified atom stereocenters. The molecule has 2 aromatic rings. The third-order valence-electron chi connectivity index (χ3n) is 5.22. The van der Waals surface area contributed by atoms with Gasteiger partial charge in [-0.15, -0.1) is 0 Å². The molecule has 1 fully saturated rings. The number of anilines is 1. The maximum atomic E-state index is 13.0. The molecule has 26 heavy (non-hydrogen) atoms. The van der Waals surface area contributed by atoms with Gasteiger partial charge in [0.2, 0.25) is 5.95 Å². The van der Waals surface area contributed by atoms with E-state index in [0.717, 1.165) is 49.6 Å². The van der Waals surface area contributed by atoms with Crippen molar-refractivity contribution < 1.29 is 9.18 Å². The van der Waals surface area contributed by atoms with E-state index < -0.39 is 0 Å². The number of hydrogen-bond donors (Lipinski definition) is 1. The Hall–Kier alpha value is -2.50. The summed E-state index contributed by atoms with van der Waals surface area (Å²) in [6.07, 6.45) is 8.30. The van der Waals surface area contributed by atoms with Crippen LogP contribution in [0.3, 0.4) is 0 Å². The monoisotopic (exact) mass is 354 g/mol. The van der Waals surface area contributed by atoms with E-state index >= 15 is 0 Å². The number of benzene rings is 1. The molecule has 1 atom stereocenters. The van der Waals surface area contributed by atoms with E-state index in [0.29, 0.717) is 5.56 Å². The largest absolute Gasteiger partial charge is 0.345 e. The molecule has 5 nitrogen and oxygen atoms in total. The van der Waals surface area contributed by atoms with Gasteiger partial charge in [0.05, 0.1) is 11.7 Å². The summed E-state index contributed by atoms with van der Waals surface area (Å²) in [5, 5.41) is 3.05. The standard InChI is InChI=1S/C20H23FN4O/c21-15-9-7-14(8-10-15)19(26)23-17-5-4-6-18-16(17)13-22-20(24-18)25-11-2-1-3-12-25/h7-10,13,17H,1-6,11-12H2,(H,23,26). The highest BCUT2D eigenvalue weighted by Gasteiger charge is 2.25. The molecule has 1 N–H and O–H groups in total. The van der Waals surface area contributed by atoms with Crippen molar-refractivity contribution in [2.24, 2.45) is 0 Å². The number of aromatic nitrogens is 2. The number of nitrogens with zero attached hydrogens (tertiary/aromatic N) is 3. The van der Waals surface area contributed by atoms with Crippen molar-refractivity contribution in [2.75, 3.05) is 18.0 Å². The molecule has 6 heteroatoms. The molecule has 4 rings (SSSR count). The van der Waals surface area contributed by atoms with Gasteiger partial charge in [0.25, 0.3) is 5.91 Å². The maximum Gasteiger partial charge on any atom is 0.251 e. The van der Waals surface area contributed by atoms with Crippen LogP contribution in [0.25, 0.3) is 0 Å². The van der Waals surface area contributed by atoms with Gasteiger partial charge < -0.3 is 10.2 Å². The first-order valence-corrected chi connectivity index (χ1v) is 9.38. The van der Waals surface area contributed by atoms with Crippen LogP contribution >= 0.6 is 0 Å². The minimum atomic E-state index is -0.344. The molecule has 0 spiro atoms. The van der Waals surface area contributed by atoms with Crippen molar-refractivity contribution in [2.45, 2.75) is 44.6 Å². The van der Waals surface area contributed by atoms with E-state index in [-0.39, 0.29) is 17.8 Å². The van der Waals surface area contributed by atoms with Crippen LogP contribution in [0.1, 0.15) is 59.8 Å². The van der Waals surface area contributed by atoms with Gasteiger partial charge in [-0.2, -0.15) is 0 Å². The number of carbonyl (C=O) groups excluding carboxylic acids is 1. The van der Waals surface area contributed by atoms with Crippen molar-refractivity contribution in [3.63, 3.8) is 0 Å². The average Bonchev–Trinajstić information content (AvgIpc) is 2.69. The van der Waals surface area contributed by atoms with E-state index in [1.165, 1.54) is 43.5 Å². The first kappa shape index (κ1) is 16.9. The Morgan fingerprint density at radius 3 is 2.65 bits per heavy atom. The Bertz CT molecular complexity index is 787. The molecule has 1 aromatic carbocycles. The van der Waals surface area contributed by atoms with Crippen molar-refractivity contribution >= 4 is 11.9 Å². The maximum absolute atomic E-state index is 13.0. The number of hydrogen-bond acceptors (Lipinski definition) is 4. The van der Waals surface area contributed by atoms with Gasteiger partial charge in [0.15, 0.2) is 0 Å². The lowest BCUT2D eigenvalue weighted by atomic mass is 9.92. The molecule has 0 radical (unpaired) electrons. The van der Waals surface area contributed by atoms with Gasteiger partial charge in [-0.1, -0.05) is 0 Å². The summed E-state index contributed by atoms with van der Waals surface area (Å²) in [4.78, 5) is 24.1. The Kier molecular flexibility index (Phi) is 4.82. The number of fused-ring (bicyclic) bond motifs is 1. The fraction of sp³-hybridized carbons (Fsp3) is 0.450. The van der Waals surface area contributed by atoms with E-state index in [4.69, 9.17) is 4.98 Å². The molecular formula is C20H23FN4O. The lowest BCUT2D eigenvalue weighted by molar-refractivity contribution is 0.0932. The summed E-state index contributed by atoms with van der Waals surface area (Å²) in [5.41, 5.74) is 2.51. The second-order valence-corrected chi connectivity index (χ2v) is 7.04. The summed E-state index contributed by atoms with van der Waals surface area (Å²) in [5.74, 6) is 0.278. The summed E-state index contributed by atoms with van der Waals surface area (Å²) in [7, 11) is 0. The third-order valence-corrected chi connectivity index (χ3v) is 5.22. The molecule has 1 amide bonds. The van der Waals surface area contributed by atoms with Crippen molar-refractivity contribution in [1.29, 1.82) is 0 Å². The topological polar surface area (TPSA) is 58.1 Å². The Morgan fingerprint density at radius 1 is 1.12 bits per heavy atom. The number of halogens is 1. The number of aryl methyl sites for hydroxylation is 1. The molecule has 1 aliphatic heterocycles. The van der Waals surface area contributed by atoms with Gasteiger partial charge in [-0.3, -0.25) is 4.79 Å². The normalized spacial score (nSPS) is 19.7. The molecule has 2 heterocycles. The molecule has 0 bridgehead atoms. The minimum Gasteiger partial charge on any atom is -0.345 e. The van der Waals surface area contributed by atoms with Crippen molar-refractivity contribution in [3.05, 3.63) is 53.1 Å². The zero-order chi connectivity index (χ0) is 17.9. The van der Waals surface area contributed by atoms with Crippen LogP contribution in [-0.4, -0.2) is 29.0 Å². The number of amides is 1. The van der Waals surface area contributed by atoms with E-state index in [1.54, 1.807) is 0 Å². The number of rotatable bonds is 3. The number of nitrogens with one attached hydrogen (secondary N) is 1. The molecular weight excluding hydrogens is 331 g/mol. The quantitative estimate of drug-likeness (QED) is 0.918. The van der Waals surface area contributed by atoms with Gasteiger partial charge in [0, 0.05) is 30.4 Å². The fourth-order valence-electron chi connectivity index (χ4n) is 3.78. The van der Waals surface area contributed by atoms with Crippen LogP contribution in [0.4, 0.5) is 10.3 Å². The Labute approximate surface area is 152 Å². The van der Waals surface area contributed by atoms with Crippen LogP contribution in [0.2, 0.25) is 0 Å². The van der Waals surface area contributed by atoms with Crippen LogP contribution in [0, 0.1) is 5.82 Å². The summed E-state index contributed by atoms with van der Waals surface area (Å²) < 4.78 is 13.0. The second kappa shape index (κ2) is 7.40. The van der Waals surface area contributed by atoms with E-state index in [2.05, 4.69) is 15.2 Å².